The van der Waals surface area contributed by atoms with Gasteiger partial charge in [-0.1, -0.05) is 12.1 Å². The van der Waals surface area contributed by atoms with Crippen LogP contribution in [0.1, 0.15) is 20.9 Å². The van der Waals surface area contributed by atoms with Crippen molar-refractivity contribution in [3.05, 3.63) is 51.2 Å². The molecule has 0 amide bonds. The first kappa shape index (κ1) is 15.9. The third kappa shape index (κ3) is 5.06. The van der Waals surface area contributed by atoms with E-state index in [1.165, 1.54) is 27.5 Å². The zero-order valence-electron chi connectivity index (χ0n) is 11.8. The Labute approximate surface area is 125 Å². The van der Waals surface area contributed by atoms with Gasteiger partial charge in [0, 0.05) is 22.8 Å². The molecular weight excluding hydrogens is 299 g/mol. The molecule has 6 heteroatoms. The fourth-order valence-electron chi connectivity index (χ4n) is 1.92. The summed E-state index contributed by atoms with van der Waals surface area (Å²) in [6.45, 7) is 5.32. The lowest BCUT2D eigenvalue weighted by molar-refractivity contribution is -0.274. The highest BCUT2D eigenvalue weighted by atomic mass is 32.1. The van der Waals surface area contributed by atoms with Gasteiger partial charge < -0.3 is 10.1 Å². The molecular formula is C15H16F3NOS. The molecule has 1 N–H and O–H groups in total. The summed E-state index contributed by atoms with van der Waals surface area (Å²) < 4.78 is 40.4. The first-order valence-corrected chi connectivity index (χ1v) is 7.26. The van der Waals surface area contributed by atoms with Crippen LogP contribution in [-0.2, 0) is 13.1 Å². The molecule has 0 bridgehead atoms. The number of halogens is 3. The quantitative estimate of drug-likeness (QED) is 0.874. The molecule has 1 aromatic heterocycles. The zero-order valence-corrected chi connectivity index (χ0v) is 12.6. The number of aryl methyl sites for hydroxylation is 2. The summed E-state index contributed by atoms with van der Waals surface area (Å²) in [6.07, 6.45) is -4.65. The van der Waals surface area contributed by atoms with Crippen molar-refractivity contribution < 1.29 is 17.9 Å². The third-order valence-corrected chi connectivity index (χ3v) is 4.13. The van der Waals surface area contributed by atoms with Gasteiger partial charge in [-0.05, 0) is 43.2 Å². The van der Waals surface area contributed by atoms with E-state index in [1.807, 2.05) is 0 Å². The molecule has 0 aliphatic heterocycles. The van der Waals surface area contributed by atoms with E-state index in [0.29, 0.717) is 13.1 Å². The standard InChI is InChI=1S/C15H16F3NOS/c1-10-6-14(21-11(10)2)9-19-8-12-4-3-5-13(7-12)20-15(16,17)18/h3-7,19H,8-9H2,1-2H3. The number of alkyl halides is 3. The van der Waals surface area contributed by atoms with E-state index in [4.69, 9.17) is 0 Å². The Hall–Kier alpha value is -1.53. The highest BCUT2D eigenvalue weighted by Gasteiger charge is 2.31. The number of benzene rings is 1. The van der Waals surface area contributed by atoms with Gasteiger partial charge in [0.2, 0.25) is 0 Å². The SMILES string of the molecule is Cc1cc(CNCc2cccc(OC(F)(F)F)c2)sc1C. The molecule has 0 saturated heterocycles. The van der Waals surface area contributed by atoms with Gasteiger partial charge in [-0.25, -0.2) is 0 Å². The molecule has 0 saturated carbocycles. The molecule has 2 aromatic rings. The first-order chi connectivity index (χ1) is 9.83. The number of nitrogens with one attached hydrogen (secondary N) is 1. The van der Waals surface area contributed by atoms with Crippen molar-refractivity contribution in [2.24, 2.45) is 0 Å². The largest absolute Gasteiger partial charge is 0.573 e. The average molecular weight is 315 g/mol. The Morgan fingerprint density at radius 2 is 1.90 bits per heavy atom. The van der Waals surface area contributed by atoms with Crippen LogP contribution in [0.15, 0.2) is 30.3 Å². The summed E-state index contributed by atoms with van der Waals surface area (Å²) in [5.74, 6) is -0.190. The van der Waals surface area contributed by atoms with Gasteiger partial charge in [0.15, 0.2) is 0 Å². The van der Waals surface area contributed by atoms with Crippen molar-refractivity contribution in [3.8, 4) is 5.75 Å². The summed E-state index contributed by atoms with van der Waals surface area (Å²) in [5, 5.41) is 3.22. The van der Waals surface area contributed by atoms with Crippen molar-refractivity contribution in [1.29, 1.82) is 0 Å². The highest BCUT2D eigenvalue weighted by molar-refractivity contribution is 7.12. The van der Waals surface area contributed by atoms with Crippen LogP contribution in [0, 0.1) is 13.8 Å². The molecule has 0 fully saturated rings. The van der Waals surface area contributed by atoms with Crippen LogP contribution in [0.5, 0.6) is 5.75 Å². The van der Waals surface area contributed by atoms with Gasteiger partial charge in [-0.15, -0.1) is 24.5 Å². The molecule has 0 aliphatic carbocycles. The normalized spacial score (nSPS) is 11.7. The number of hydrogen-bond donors (Lipinski definition) is 1. The van der Waals surface area contributed by atoms with Crippen molar-refractivity contribution in [1.82, 2.24) is 5.32 Å². The van der Waals surface area contributed by atoms with Crippen LogP contribution in [0.4, 0.5) is 13.2 Å². The monoisotopic (exact) mass is 315 g/mol. The molecule has 2 nitrogen and oxygen atoms in total. The molecule has 1 heterocycles. The Balaban J connectivity index is 1.90. The molecule has 0 radical (unpaired) electrons. The van der Waals surface area contributed by atoms with Crippen LogP contribution < -0.4 is 10.1 Å². The minimum absolute atomic E-state index is 0.190. The second kappa shape index (κ2) is 6.49. The predicted molar refractivity (Wildman–Crippen MR) is 77.5 cm³/mol. The van der Waals surface area contributed by atoms with E-state index in [9.17, 15) is 13.2 Å². The number of thiophene rings is 1. The molecule has 2 rings (SSSR count). The summed E-state index contributed by atoms with van der Waals surface area (Å²) >= 11 is 1.72. The first-order valence-electron chi connectivity index (χ1n) is 6.45. The van der Waals surface area contributed by atoms with E-state index in [-0.39, 0.29) is 5.75 Å². The molecule has 0 unspecified atom stereocenters. The van der Waals surface area contributed by atoms with E-state index in [1.54, 1.807) is 23.5 Å². The van der Waals surface area contributed by atoms with Gasteiger partial charge >= 0.3 is 6.36 Å². The number of rotatable bonds is 5. The van der Waals surface area contributed by atoms with Crippen LogP contribution in [-0.4, -0.2) is 6.36 Å². The average Bonchev–Trinajstić information content (AvgIpc) is 2.67. The molecule has 0 atom stereocenters. The van der Waals surface area contributed by atoms with Crippen LogP contribution >= 0.6 is 11.3 Å². The van der Waals surface area contributed by atoms with Crippen molar-refractivity contribution >= 4 is 11.3 Å². The highest BCUT2D eigenvalue weighted by Crippen LogP contribution is 2.23. The maximum Gasteiger partial charge on any atom is 0.573 e. The zero-order chi connectivity index (χ0) is 15.5. The van der Waals surface area contributed by atoms with E-state index in [0.717, 1.165) is 5.56 Å². The summed E-state index contributed by atoms with van der Waals surface area (Å²) in [4.78, 5) is 2.50. The van der Waals surface area contributed by atoms with E-state index in [2.05, 4.69) is 30.0 Å². The summed E-state index contributed by atoms with van der Waals surface area (Å²) in [5.41, 5.74) is 2.01. The van der Waals surface area contributed by atoms with Crippen molar-refractivity contribution in [2.75, 3.05) is 0 Å². The molecule has 0 spiro atoms. The third-order valence-electron chi connectivity index (χ3n) is 2.98. The Kier molecular flexibility index (Phi) is 4.90. The number of ether oxygens (including phenoxy) is 1. The van der Waals surface area contributed by atoms with Crippen LogP contribution in [0.25, 0.3) is 0 Å². The van der Waals surface area contributed by atoms with Crippen LogP contribution in [0.2, 0.25) is 0 Å². The second-order valence-electron chi connectivity index (χ2n) is 4.75. The molecule has 114 valence electrons. The van der Waals surface area contributed by atoms with E-state index < -0.39 is 6.36 Å². The fourth-order valence-corrected chi connectivity index (χ4v) is 2.94. The maximum absolute atomic E-state index is 12.2. The van der Waals surface area contributed by atoms with Gasteiger partial charge in [0.05, 0.1) is 0 Å². The summed E-state index contributed by atoms with van der Waals surface area (Å²) in [6, 6.07) is 8.13. The minimum atomic E-state index is -4.65. The van der Waals surface area contributed by atoms with Crippen LogP contribution in [0.3, 0.4) is 0 Å². The van der Waals surface area contributed by atoms with Gasteiger partial charge in [0.25, 0.3) is 0 Å². The number of hydrogen-bond acceptors (Lipinski definition) is 3. The Morgan fingerprint density at radius 3 is 2.52 bits per heavy atom. The molecule has 0 aliphatic rings. The van der Waals surface area contributed by atoms with Gasteiger partial charge in [-0.3, -0.25) is 0 Å². The lowest BCUT2D eigenvalue weighted by Crippen LogP contribution is -2.17. The van der Waals surface area contributed by atoms with E-state index >= 15 is 0 Å². The van der Waals surface area contributed by atoms with Crippen molar-refractivity contribution in [2.45, 2.75) is 33.3 Å². The predicted octanol–water partition coefficient (Wildman–Crippen LogP) is 4.55. The summed E-state index contributed by atoms with van der Waals surface area (Å²) in [7, 11) is 0. The maximum atomic E-state index is 12.2. The minimum Gasteiger partial charge on any atom is -0.406 e. The van der Waals surface area contributed by atoms with Crippen molar-refractivity contribution in [3.63, 3.8) is 0 Å². The van der Waals surface area contributed by atoms with Gasteiger partial charge in [-0.2, -0.15) is 0 Å². The Bertz CT molecular complexity index is 588. The smallest absolute Gasteiger partial charge is 0.406 e. The lowest BCUT2D eigenvalue weighted by Gasteiger charge is -2.10. The topological polar surface area (TPSA) is 21.3 Å². The Morgan fingerprint density at radius 1 is 1.14 bits per heavy atom. The molecule has 21 heavy (non-hydrogen) atoms. The lowest BCUT2D eigenvalue weighted by atomic mass is 10.2. The second-order valence-corrected chi connectivity index (χ2v) is 6.09. The van der Waals surface area contributed by atoms with Gasteiger partial charge in [0.1, 0.15) is 5.75 Å². The molecule has 1 aromatic carbocycles. The fraction of sp³-hybridized carbons (Fsp3) is 0.333.